The molecule has 0 atom stereocenters. The average Bonchev–Trinajstić information content (AvgIpc) is 1.96. The fraction of sp³-hybridized carbons (Fsp3) is 0.625. The molecule has 0 amide bonds. The maximum atomic E-state index is 10.0. The first kappa shape index (κ1) is 9.92. The number of carbonyl (C=O) groups is 1. The lowest BCUT2D eigenvalue weighted by Gasteiger charge is -1.93. The van der Waals surface area contributed by atoms with Crippen molar-refractivity contribution in [1.82, 2.24) is 0 Å². The second-order valence-corrected chi connectivity index (χ2v) is 2.32. The molecule has 0 rings (SSSR count). The largest absolute Gasteiger partial charge is 0.481 e. The lowest BCUT2D eigenvalue weighted by Crippen LogP contribution is -1.93. The van der Waals surface area contributed by atoms with Gasteiger partial charge in [0.05, 0.1) is 0 Å². The van der Waals surface area contributed by atoms with Crippen molar-refractivity contribution in [3.63, 3.8) is 0 Å². The van der Waals surface area contributed by atoms with Gasteiger partial charge in [0, 0.05) is 6.42 Å². The highest BCUT2D eigenvalue weighted by molar-refractivity contribution is 5.66. The Morgan fingerprint density at radius 3 is 2.64 bits per heavy atom. The van der Waals surface area contributed by atoms with E-state index in [0.29, 0.717) is 12.8 Å². The first-order valence-electron chi connectivity index (χ1n) is 3.68. The zero-order chi connectivity index (χ0) is 8.53. The van der Waals surface area contributed by atoms with Crippen molar-refractivity contribution in [3.05, 3.63) is 6.08 Å². The molecule has 0 heterocycles. The van der Waals surface area contributed by atoms with E-state index in [0.717, 1.165) is 12.8 Å². The number of carboxylic acid groups (broad SMARTS) is 1. The minimum Gasteiger partial charge on any atom is -0.481 e. The number of hydrogen-bond acceptors (Lipinski definition) is 2. The van der Waals surface area contributed by atoms with Crippen molar-refractivity contribution in [2.45, 2.75) is 32.1 Å². The van der Waals surface area contributed by atoms with Crippen LogP contribution in [-0.4, -0.2) is 17.0 Å². The highest BCUT2D eigenvalue weighted by Gasteiger charge is 1.94. The van der Waals surface area contributed by atoms with Gasteiger partial charge in [-0.1, -0.05) is 6.42 Å². The third kappa shape index (κ3) is 8.92. The maximum Gasteiger partial charge on any atom is 0.303 e. The third-order valence-electron chi connectivity index (χ3n) is 1.32. The average molecular weight is 156 g/mol. The topological polar surface area (TPSA) is 54.4 Å². The molecule has 0 aliphatic heterocycles. The Labute approximate surface area is 65.7 Å². The minimum absolute atomic E-state index is 0.227. The van der Waals surface area contributed by atoms with Gasteiger partial charge in [-0.25, -0.2) is 4.79 Å². The molecule has 0 fully saturated rings. The Morgan fingerprint density at radius 1 is 1.36 bits per heavy atom. The predicted octanol–water partition coefficient (Wildman–Crippen LogP) is 1.41. The van der Waals surface area contributed by atoms with Crippen molar-refractivity contribution in [2.75, 3.05) is 0 Å². The summed E-state index contributed by atoms with van der Waals surface area (Å²) in [5.41, 5.74) is 0. The van der Waals surface area contributed by atoms with E-state index in [9.17, 15) is 9.59 Å². The van der Waals surface area contributed by atoms with Crippen molar-refractivity contribution >= 4 is 11.9 Å². The van der Waals surface area contributed by atoms with Gasteiger partial charge >= 0.3 is 5.97 Å². The quantitative estimate of drug-likeness (QED) is 0.467. The molecular weight excluding hydrogens is 144 g/mol. The fourth-order valence-corrected chi connectivity index (χ4v) is 0.758. The second-order valence-electron chi connectivity index (χ2n) is 2.32. The van der Waals surface area contributed by atoms with Crippen LogP contribution in [0.15, 0.2) is 6.08 Å². The Bertz CT molecular complexity index is 153. The molecule has 0 unspecified atom stereocenters. The highest BCUT2D eigenvalue weighted by atomic mass is 16.4. The van der Waals surface area contributed by atoms with Gasteiger partial charge in [-0.15, -0.1) is 0 Å². The lowest BCUT2D eigenvalue weighted by atomic mass is 10.1. The molecule has 0 saturated carbocycles. The summed E-state index contributed by atoms with van der Waals surface area (Å²) in [7, 11) is 0. The molecule has 0 bridgehead atoms. The minimum atomic E-state index is -0.754. The van der Waals surface area contributed by atoms with Crippen molar-refractivity contribution in [2.24, 2.45) is 0 Å². The van der Waals surface area contributed by atoms with E-state index in [1.54, 1.807) is 5.94 Å². The molecule has 0 aromatic heterocycles. The molecule has 0 saturated heterocycles. The monoisotopic (exact) mass is 156 g/mol. The third-order valence-corrected chi connectivity index (χ3v) is 1.32. The van der Waals surface area contributed by atoms with Crippen molar-refractivity contribution in [1.29, 1.82) is 0 Å². The van der Waals surface area contributed by atoms with E-state index in [2.05, 4.69) is 0 Å². The second kappa shape index (κ2) is 7.03. The Balaban J connectivity index is 3.02. The molecule has 0 aliphatic carbocycles. The van der Waals surface area contributed by atoms with Gasteiger partial charge in [0.1, 0.15) is 5.94 Å². The zero-order valence-corrected chi connectivity index (χ0v) is 6.38. The predicted molar refractivity (Wildman–Crippen MR) is 41.0 cm³/mol. The smallest absolute Gasteiger partial charge is 0.303 e. The molecule has 3 nitrogen and oxygen atoms in total. The lowest BCUT2D eigenvalue weighted by molar-refractivity contribution is -0.137. The Kier molecular flexibility index (Phi) is 6.34. The Hall–Kier alpha value is -1.08. The van der Waals surface area contributed by atoms with Gasteiger partial charge in [0.25, 0.3) is 0 Å². The number of unbranched alkanes of at least 4 members (excludes halogenated alkanes) is 3. The summed E-state index contributed by atoms with van der Waals surface area (Å²) in [4.78, 5) is 19.7. The van der Waals surface area contributed by atoms with Crippen molar-refractivity contribution < 1.29 is 14.7 Å². The number of carbonyl (C=O) groups excluding carboxylic acids is 1. The van der Waals surface area contributed by atoms with Crippen LogP contribution in [0.3, 0.4) is 0 Å². The number of carboxylic acids is 1. The van der Waals surface area contributed by atoms with E-state index in [1.807, 2.05) is 0 Å². The number of rotatable bonds is 6. The molecule has 11 heavy (non-hydrogen) atoms. The van der Waals surface area contributed by atoms with E-state index >= 15 is 0 Å². The molecule has 3 heteroatoms. The number of allylic oxidation sites excluding steroid dienone is 1. The van der Waals surface area contributed by atoms with E-state index in [-0.39, 0.29) is 6.42 Å². The van der Waals surface area contributed by atoms with Gasteiger partial charge in [-0.3, -0.25) is 4.79 Å². The first-order valence-corrected chi connectivity index (χ1v) is 3.68. The van der Waals surface area contributed by atoms with Gasteiger partial charge < -0.3 is 5.11 Å². The van der Waals surface area contributed by atoms with E-state index in [4.69, 9.17) is 5.11 Å². The van der Waals surface area contributed by atoms with Crippen LogP contribution in [0.5, 0.6) is 0 Å². The van der Waals surface area contributed by atoms with Gasteiger partial charge in [-0.05, 0) is 25.3 Å². The summed E-state index contributed by atoms with van der Waals surface area (Å²) in [5.74, 6) is 0.922. The highest BCUT2D eigenvalue weighted by Crippen LogP contribution is 2.02. The van der Waals surface area contributed by atoms with Crippen LogP contribution in [0.25, 0.3) is 0 Å². The summed E-state index contributed by atoms with van der Waals surface area (Å²) >= 11 is 0. The van der Waals surface area contributed by atoms with Crippen LogP contribution >= 0.6 is 0 Å². The summed E-state index contributed by atoms with van der Waals surface area (Å²) in [6, 6.07) is 0. The normalized spacial score (nSPS) is 8.73. The molecule has 1 N–H and O–H groups in total. The van der Waals surface area contributed by atoms with E-state index < -0.39 is 5.97 Å². The molecule has 0 radical (unpaired) electrons. The fourth-order valence-electron chi connectivity index (χ4n) is 0.758. The van der Waals surface area contributed by atoms with Gasteiger partial charge in [-0.2, -0.15) is 0 Å². The summed E-state index contributed by atoms with van der Waals surface area (Å²) in [5, 5.41) is 8.25. The molecule has 0 spiro atoms. The molecule has 0 aromatic rings. The van der Waals surface area contributed by atoms with E-state index in [1.165, 1.54) is 6.08 Å². The number of hydrogen-bond donors (Lipinski definition) is 1. The Morgan fingerprint density at radius 2 is 2.09 bits per heavy atom. The molecule has 62 valence electrons. The molecule has 0 aromatic carbocycles. The summed E-state index contributed by atoms with van der Waals surface area (Å²) in [6.07, 6.45) is 4.81. The van der Waals surface area contributed by atoms with Crippen molar-refractivity contribution in [3.8, 4) is 0 Å². The van der Waals surface area contributed by atoms with Crippen LogP contribution in [0, 0.1) is 0 Å². The standard InChI is InChI=1S/C8H12O3/c9-7-5-3-1-2-4-6-8(10)11/h5H,1-4,6H2,(H,10,11). The zero-order valence-electron chi connectivity index (χ0n) is 6.38. The van der Waals surface area contributed by atoms with Gasteiger partial charge in [0.15, 0.2) is 0 Å². The summed E-state index contributed by atoms with van der Waals surface area (Å²) < 4.78 is 0. The SMILES string of the molecule is O=C=CCCCCCC(=O)O. The molecule has 0 aliphatic rings. The van der Waals surface area contributed by atoms with Crippen LogP contribution in [0.4, 0.5) is 0 Å². The van der Waals surface area contributed by atoms with Crippen LogP contribution in [0.1, 0.15) is 32.1 Å². The number of aliphatic carboxylic acids is 1. The first-order chi connectivity index (χ1) is 5.27. The summed E-state index contributed by atoms with van der Waals surface area (Å²) in [6.45, 7) is 0. The van der Waals surface area contributed by atoms with Crippen LogP contribution < -0.4 is 0 Å². The van der Waals surface area contributed by atoms with Crippen LogP contribution in [-0.2, 0) is 9.59 Å². The van der Waals surface area contributed by atoms with Crippen LogP contribution in [0.2, 0.25) is 0 Å². The molecular formula is C8H12O3. The maximum absolute atomic E-state index is 10.0. The van der Waals surface area contributed by atoms with Gasteiger partial charge in [0.2, 0.25) is 0 Å².